The van der Waals surface area contributed by atoms with Gasteiger partial charge in [0, 0.05) is 19.2 Å². The van der Waals surface area contributed by atoms with Gasteiger partial charge < -0.3 is 15.1 Å². The Hall–Kier alpha value is -2.67. The summed E-state index contributed by atoms with van der Waals surface area (Å²) >= 11 is 0. The average Bonchev–Trinajstić information content (AvgIpc) is 2.54. The van der Waals surface area contributed by atoms with E-state index in [4.69, 9.17) is 10.6 Å². The maximum Gasteiger partial charge on any atom is 0.274 e. The normalized spacial score (nSPS) is 10.0. The maximum atomic E-state index is 12.3. The Balaban J connectivity index is 2.15. The minimum absolute atomic E-state index is 0.225. The zero-order chi connectivity index (χ0) is 15.2. The topological polar surface area (TPSA) is 93.4 Å². The zero-order valence-corrected chi connectivity index (χ0v) is 11.9. The van der Waals surface area contributed by atoms with Crippen LogP contribution in [0.15, 0.2) is 36.7 Å². The molecule has 110 valence electrons. The van der Waals surface area contributed by atoms with Gasteiger partial charge in [0.05, 0.1) is 19.5 Å². The quantitative estimate of drug-likeness (QED) is 0.630. The van der Waals surface area contributed by atoms with Gasteiger partial charge in [-0.25, -0.2) is 10.8 Å². The molecule has 7 heteroatoms. The SMILES string of the molecule is COc1ccccc1CN(C)C(=O)c1cncc(NN)n1. The van der Waals surface area contributed by atoms with Gasteiger partial charge in [-0.1, -0.05) is 18.2 Å². The lowest BCUT2D eigenvalue weighted by molar-refractivity contribution is 0.0778. The lowest BCUT2D eigenvalue weighted by Crippen LogP contribution is -2.27. The van der Waals surface area contributed by atoms with Crippen LogP contribution in [0, 0.1) is 0 Å². The molecule has 0 saturated carbocycles. The highest BCUT2D eigenvalue weighted by Gasteiger charge is 2.16. The fourth-order valence-corrected chi connectivity index (χ4v) is 1.90. The Labute approximate surface area is 122 Å². The molecule has 2 aromatic rings. The molecule has 3 N–H and O–H groups in total. The number of nitrogens with two attached hydrogens (primary N) is 1. The van der Waals surface area contributed by atoms with Gasteiger partial charge in [-0.15, -0.1) is 0 Å². The third kappa shape index (κ3) is 3.46. The molecule has 1 heterocycles. The Morgan fingerprint density at radius 1 is 1.38 bits per heavy atom. The van der Waals surface area contributed by atoms with Crippen molar-refractivity contribution >= 4 is 11.7 Å². The second-order valence-corrected chi connectivity index (χ2v) is 4.41. The second kappa shape index (κ2) is 6.67. The number of nitrogens with zero attached hydrogens (tertiary/aromatic N) is 3. The van der Waals surface area contributed by atoms with Crippen LogP contribution < -0.4 is 16.0 Å². The van der Waals surface area contributed by atoms with E-state index in [9.17, 15) is 4.79 Å². The number of anilines is 1. The Bertz CT molecular complexity index is 632. The third-order valence-corrected chi connectivity index (χ3v) is 2.95. The van der Waals surface area contributed by atoms with E-state index in [-0.39, 0.29) is 11.6 Å². The summed E-state index contributed by atoms with van der Waals surface area (Å²) in [7, 11) is 3.29. The number of para-hydroxylation sites is 1. The van der Waals surface area contributed by atoms with Crippen LogP contribution in [0.25, 0.3) is 0 Å². The number of carbonyl (C=O) groups is 1. The highest BCUT2D eigenvalue weighted by atomic mass is 16.5. The molecule has 1 amide bonds. The van der Waals surface area contributed by atoms with Gasteiger partial charge in [-0.2, -0.15) is 0 Å². The lowest BCUT2D eigenvalue weighted by Gasteiger charge is -2.18. The largest absolute Gasteiger partial charge is 0.496 e. The first kappa shape index (κ1) is 14.7. The fourth-order valence-electron chi connectivity index (χ4n) is 1.90. The second-order valence-electron chi connectivity index (χ2n) is 4.41. The van der Waals surface area contributed by atoms with Crippen LogP contribution in [-0.2, 0) is 6.54 Å². The summed E-state index contributed by atoms with van der Waals surface area (Å²) in [4.78, 5) is 21.9. The first-order chi connectivity index (χ1) is 10.2. The van der Waals surface area contributed by atoms with Crippen molar-refractivity contribution in [1.82, 2.24) is 14.9 Å². The van der Waals surface area contributed by atoms with Crippen molar-refractivity contribution in [2.75, 3.05) is 19.6 Å². The molecule has 0 saturated heterocycles. The molecule has 2 rings (SSSR count). The summed E-state index contributed by atoms with van der Waals surface area (Å²) in [6.45, 7) is 0.408. The molecule has 0 fully saturated rings. The number of hydrogen-bond donors (Lipinski definition) is 2. The van der Waals surface area contributed by atoms with Crippen molar-refractivity contribution in [3.8, 4) is 5.75 Å². The predicted molar refractivity (Wildman–Crippen MR) is 78.6 cm³/mol. The summed E-state index contributed by atoms with van der Waals surface area (Å²) in [6.07, 6.45) is 2.85. The Morgan fingerprint density at radius 2 is 2.14 bits per heavy atom. The third-order valence-electron chi connectivity index (χ3n) is 2.95. The number of carbonyl (C=O) groups excluding carboxylic acids is 1. The smallest absolute Gasteiger partial charge is 0.274 e. The van der Waals surface area contributed by atoms with Gasteiger partial charge >= 0.3 is 0 Å². The number of nitrogen functional groups attached to an aromatic ring is 1. The molecule has 0 aliphatic carbocycles. The van der Waals surface area contributed by atoms with Crippen molar-refractivity contribution in [2.45, 2.75) is 6.54 Å². The molecule has 0 radical (unpaired) electrons. The molecule has 1 aromatic carbocycles. The minimum Gasteiger partial charge on any atom is -0.496 e. The molecule has 0 aliphatic rings. The van der Waals surface area contributed by atoms with Crippen molar-refractivity contribution < 1.29 is 9.53 Å². The van der Waals surface area contributed by atoms with Crippen LogP contribution in [0.1, 0.15) is 16.1 Å². The summed E-state index contributed by atoms with van der Waals surface area (Å²) in [5, 5.41) is 0. The Morgan fingerprint density at radius 3 is 2.86 bits per heavy atom. The number of benzene rings is 1. The number of methoxy groups -OCH3 is 1. The number of hydrazine groups is 1. The van der Waals surface area contributed by atoms with Crippen molar-refractivity contribution in [3.63, 3.8) is 0 Å². The van der Waals surface area contributed by atoms with Crippen LogP contribution >= 0.6 is 0 Å². The lowest BCUT2D eigenvalue weighted by atomic mass is 10.2. The van der Waals surface area contributed by atoms with Gasteiger partial charge in [-0.05, 0) is 6.07 Å². The van der Waals surface area contributed by atoms with Crippen LogP contribution in [0.3, 0.4) is 0 Å². The van der Waals surface area contributed by atoms with Crippen LogP contribution in [0.4, 0.5) is 5.82 Å². The first-order valence-electron chi connectivity index (χ1n) is 6.31. The van der Waals surface area contributed by atoms with Crippen molar-refractivity contribution in [1.29, 1.82) is 0 Å². The number of aromatic nitrogens is 2. The Kier molecular flexibility index (Phi) is 4.68. The molecule has 7 nitrogen and oxygen atoms in total. The molecule has 0 bridgehead atoms. The number of amides is 1. The van der Waals surface area contributed by atoms with E-state index in [0.29, 0.717) is 12.4 Å². The molecular weight excluding hydrogens is 270 g/mol. The van der Waals surface area contributed by atoms with Gasteiger partial charge in [0.2, 0.25) is 0 Å². The molecule has 0 atom stereocenters. The molecule has 0 unspecified atom stereocenters. The first-order valence-corrected chi connectivity index (χ1v) is 6.31. The van der Waals surface area contributed by atoms with Crippen molar-refractivity contribution in [2.24, 2.45) is 5.84 Å². The van der Waals surface area contributed by atoms with E-state index in [0.717, 1.165) is 11.3 Å². The molecular formula is C14H17N5O2. The van der Waals surface area contributed by atoms with Gasteiger partial charge in [0.15, 0.2) is 5.82 Å². The number of ether oxygens (including phenoxy) is 1. The van der Waals surface area contributed by atoms with Gasteiger partial charge in [0.1, 0.15) is 11.4 Å². The number of nitrogens with one attached hydrogen (secondary N) is 1. The summed E-state index contributed by atoms with van der Waals surface area (Å²) in [5.41, 5.74) is 3.50. The zero-order valence-electron chi connectivity index (χ0n) is 11.9. The molecule has 0 spiro atoms. The molecule has 21 heavy (non-hydrogen) atoms. The van der Waals surface area contributed by atoms with E-state index in [1.165, 1.54) is 12.4 Å². The highest BCUT2D eigenvalue weighted by Crippen LogP contribution is 2.19. The van der Waals surface area contributed by atoms with E-state index in [1.54, 1.807) is 19.1 Å². The van der Waals surface area contributed by atoms with Crippen LogP contribution in [-0.4, -0.2) is 34.9 Å². The van der Waals surface area contributed by atoms with Crippen LogP contribution in [0.5, 0.6) is 5.75 Å². The van der Waals surface area contributed by atoms with E-state index in [1.807, 2.05) is 24.3 Å². The van der Waals surface area contributed by atoms with Crippen molar-refractivity contribution in [3.05, 3.63) is 47.9 Å². The minimum atomic E-state index is -0.245. The summed E-state index contributed by atoms with van der Waals surface area (Å²) < 4.78 is 5.28. The summed E-state index contributed by atoms with van der Waals surface area (Å²) in [6, 6.07) is 7.54. The van der Waals surface area contributed by atoms with Gasteiger partial charge in [-0.3, -0.25) is 9.78 Å². The van der Waals surface area contributed by atoms with Crippen LogP contribution in [0.2, 0.25) is 0 Å². The number of hydrogen-bond acceptors (Lipinski definition) is 6. The predicted octanol–water partition coefficient (Wildman–Crippen LogP) is 1.04. The average molecular weight is 287 g/mol. The molecule has 0 aliphatic heterocycles. The fraction of sp³-hybridized carbons (Fsp3) is 0.214. The highest BCUT2D eigenvalue weighted by molar-refractivity contribution is 5.92. The monoisotopic (exact) mass is 287 g/mol. The molecule has 1 aromatic heterocycles. The number of rotatable bonds is 5. The summed E-state index contributed by atoms with van der Waals surface area (Å²) in [5.74, 6) is 6.09. The maximum absolute atomic E-state index is 12.3. The van der Waals surface area contributed by atoms with E-state index < -0.39 is 0 Å². The van der Waals surface area contributed by atoms with Gasteiger partial charge in [0.25, 0.3) is 5.91 Å². The van der Waals surface area contributed by atoms with E-state index >= 15 is 0 Å². The van der Waals surface area contributed by atoms with E-state index in [2.05, 4.69) is 15.4 Å². The standard InChI is InChI=1S/C14H17N5O2/c1-19(9-10-5-3-4-6-12(10)21-2)14(20)11-7-16-8-13(17-11)18-15/h3-8H,9,15H2,1-2H3,(H,17,18).